The van der Waals surface area contributed by atoms with Crippen LogP contribution in [0.1, 0.15) is 17.2 Å². The van der Waals surface area contributed by atoms with Crippen molar-refractivity contribution in [3.63, 3.8) is 0 Å². The number of benzene rings is 1. The average molecular weight is 358 g/mol. The van der Waals surface area contributed by atoms with Crippen molar-refractivity contribution in [3.05, 3.63) is 48.0 Å². The van der Waals surface area contributed by atoms with Gasteiger partial charge in [-0.05, 0) is 23.8 Å². The number of amides is 2. The van der Waals surface area contributed by atoms with Crippen molar-refractivity contribution in [3.8, 4) is 0 Å². The van der Waals surface area contributed by atoms with Crippen molar-refractivity contribution in [2.45, 2.75) is 12.2 Å². The molecule has 0 aromatic heterocycles. The Morgan fingerprint density at radius 2 is 1.84 bits per heavy atom. The maximum absolute atomic E-state index is 12.6. The molecule has 0 aliphatic rings. The molecule has 2 amide bonds. The number of nitrogens with zero attached hydrogens (tertiary/aromatic N) is 1. The van der Waals surface area contributed by atoms with Crippen molar-refractivity contribution in [1.82, 2.24) is 10.2 Å². The molecular weight excluding hydrogens is 341 g/mol. The molecule has 0 aliphatic carbocycles. The van der Waals surface area contributed by atoms with Crippen molar-refractivity contribution < 1.29 is 32.3 Å². The van der Waals surface area contributed by atoms with Crippen LogP contribution in [0.3, 0.4) is 0 Å². The number of ether oxygens (including phenoxy) is 1. The van der Waals surface area contributed by atoms with Gasteiger partial charge in [-0.2, -0.15) is 13.2 Å². The quantitative estimate of drug-likeness (QED) is 0.620. The second-order valence-electron chi connectivity index (χ2n) is 5.04. The van der Waals surface area contributed by atoms with E-state index in [-0.39, 0.29) is 12.1 Å². The normalized spacial score (nSPS) is 12.0. The van der Waals surface area contributed by atoms with E-state index in [0.717, 1.165) is 42.4 Å². The third-order valence-electron chi connectivity index (χ3n) is 3.25. The summed E-state index contributed by atoms with van der Waals surface area (Å²) in [6, 6.07) is 2.44. The SMILES string of the molecule is C=CC(=O)N(C)CC(=O)NC(C(=O)OC)c1ccc(C(F)(F)F)cc1. The summed E-state index contributed by atoms with van der Waals surface area (Å²) in [4.78, 5) is 36.2. The van der Waals surface area contributed by atoms with Crippen LogP contribution in [0.25, 0.3) is 0 Å². The number of hydrogen-bond donors (Lipinski definition) is 1. The molecule has 9 heteroatoms. The molecule has 1 unspecified atom stereocenters. The summed E-state index contributed by atoms with van der Waals surface area (Å²) < 4.78 is 42.4. The molecule has 0 heterocycles. The van der Waals surface area contributed by atoms with Crippen molar-refractivity contribution in [2.24, 2.45) is 0 Å². The molecule has 0 aliphatic heterocycles. The number of esters is 1. The molecule has 0 saturated carbocycles. The number of rotatable bonds is 6. The predicted molar refractivity (Wildman–Crippen MR) is 82.2 cm³/mol. The number of hydrogen-bond acceptors (Lipinski definition) is 4. The fourth-order valence-electron chi connectivity index (χ4n) is 1.92. The summed E-state index contributed by atoms with van der Waals surface area (Å²) in [7, 11) is 2.44. The Labute approximate surface area is 142 Å². The Hall–Kier alpha value is -2.84. The first kappa shape index (κ1) is 20.2. The number of carbonyl (C=O) groups is 3. The molecule has 0 bridgehead atoms. The number of methoxy groups -OCH3 is 1. The predicted octanol–water partition coefficient (Wildman–Crippen LogP) is 1.68. The van der Waals surface area contributed by atoms with E-state index in [4.69, 9.17) is 0 Å². The van der Waals surface area contributed by atoms with Gasteiger partial charge >= 0.3 is 12.1 Å². The number of halogens is 3. The fourth-order valence-corrected chi connectivity index (χ4v) is 1.92. The zero-order chi connectivity index (χ0) is 19.2. The van der Waals surface area contributed by atoms with Crippen LogP contribution in [0.2, 0.25) is 0 Å². The van der Waals surface area contributed by atoms with E-state index >= 15 is 0 Å². The zero-order valence-corrected chi connectivity index (χ0v) is 13.6. The first-order chi connectivity index (χ1) is 11.6. The minimum absolute atomic E-state index is 0.117. The summed E-state index contributed by atoms with van der Waals surface area (Å²) >= 11 is 0. The molecule has 0 saturated heterocycles. The first-order valence-corrected chi connectivity index (χ1v) is 7.02. The lowest BCUT2D eigenvalue weighted by Crippen LogP contribution is -2.41. The number of likely N-dealkylation sites (N-methyl/N-ethyl adjacent to an activating group) is 1. The van der Waals surface area contributed by atoms with E-state index in [0.29, 0.717) is 0 Å². The Balaban J connectivity index is 2.95. The van der Waals surface area contributed by atoms with E-state index in [1.165, 1.54) is 7.05 Å². The maximum Gasteiger partial charge on any atom is 0.416 e. The highest BCUT2D eigenvalue weighted by Gasteiger charge is 2.31. The van der Waals surface area contributed by atoms with E-state index in [1.54, 1.807) is 0 Å². The third-order valence-corrected chi connectivity index (χ3v) is 3.25. The lowest BCUT2D eigenvalue weighted by atomic mass is 10.0. The largest absolute Gasteiger partial charge is 0.467 e. The number of nitrogens with one attached hydrogen (secondary N) is 1. The highest BCUT2D eigenvalue weighted by molar-refractivity contribution is 5.92. The number of carbonyl (C=O) groups excluding carboxylic acids is 3. The van der Waals surface area contributed by atoms with Gasteiger partial charge in [-0.3, -0.25) is 9.59 Å². The molecule has 1 aromatic carbocycles. The van der Waals surface area contributed by atoms with Gasteiger partial charge in [-0.15, -0.1) is 0 Å². The Bertz CT molecular complexity index is 656. The van der Waals surface area contributed by atoms with Gasteiger partial charge in [-0.25, -0.2) is 4.79 Å². The summed E-state index contributed by atoms with van der Waals surface area (Å²) in [5.74, 6) is -2.04. The summed E-state index contributed by atoms with van der Waals surface area (Å²) in [6.07, 6.45) is -3.50. The zero-order valence-electron chi connectivity index (χ0n) is 13.6. The molecule has 0 spiro atoms. The van der Waals surface area contributed by atoms with Gasteiger partial charge in [0.25, 0.3) is 0 Å². The third kappa shape index (κ3) is 5.63. The van der Waals surface area contributed by atoms with Crippen LogP contribution >= 0.6 is 0 Å². The van der Waals surface area contributed by atoms with Gasteiger partial charge in [0.1, 0.15) is 0 Å². The lowest BCUT2D eigenvalue weighted by molar-refractivity contribution is -0.145. The van der Waals surface area contributed by atoms with Gasteiger partial charge in [0.2, 0.25) is 11.8 Å². The number of alkyl halides is 3. The molecule has 1 rings (SSSR count). The molecule has 0 radical (unpaired) electrons. The van der Waals surface area contributed by atoms with Crippen LogP contribution in [0.4, 0.5) is 13.2 Å². The van der Waals surface area contributed by atoms with Crippen LogP contribution < -0.4 is 5.32 Å². The Morgan fingerprint density at radius 1 is 1.28 bits per heavy atom. The maximum atomic E-state index is 12.6. The van der Waals surface area contributed by atoms with Crippen LogP contribution in [-0.4, -0.2) is 43.4 Å². The van der Waals surface area contributed by atoms with E-state index < -0.39 is 35.6 Å². The second-order valence-corrected chi connectivity index (χ2v) is 5.04. The van der Waals surface area contributed by atoms with E-state index in [9.17, 15) is 27.6 Å². The van der Waals surface area contributed by atoms with Gasteiger partial charge in [0.05, 0.1) is 19.2 Å². The van der Waals surface area contributed by atoms with E-state index in [2.05, 4.69) is 16.6 Å². The molecular formula is C16H17F3N2O4. The molecule has 25 heavy (non-hydrogen) atoms. The Morgan fingerprint density at radius 3 is 2.28 bits per heavy atom. The highest BCUT2D eigenvalue weighted by atomic mass is 19.4. The highest BCUT2D eigenvalue weighted by Crippen LogP contribution is 2.30. The van der Waals surface area contributed by atoms with Crippen LogP contribution in [0, 0.1) is 0 Å². The minimum Gasteiger partial charge on any atom is -0.467 e. The lowest BCUT2D eigenvalue weighted by Gasteiger charge is -2.20. The summed E-state index contributed by atoms with van der Waals surface area (Å²) in [5.41, 5.74) is -0.770. The van der Waals surface area contributed by atoms with Gasteiger partial charge in [0, 0.05) is 7.05 Å². The molecule has 1 N–H and O–H groups in total. The van der Waals surface area contributed by atoms with Crippen molar-refractivity contribution >= 4 is 17.8 Å². The van der Waals surface area contributed by atoms with E-state index in [1.807, 2.05) is 0 Å². The molecule has 0 fully saturated rings. The van der Waals surface area contributed by atoms with Gasteiger partial charge in [0.15, 0.2) is 6.04 Å². The second kappa shape index (κ2) is 8.32. The summed E-state index contributed by atoms with van der Waals surface area (Å²) in [6.45, 7) is 2.92. The minimum atomic E-state index is -4.52. The average Bonchev–Trinajstić information content (AvgIpc) is 2.57. The molecule has 6 nitrogen and oxygen atoms in total. The van der Waals surface area contributed by atoms with Crippen LogP contribution in [-0.2, 0) is 25.3 Å². The van der Waals surface area contributed by atoms with Crippen molar-refractivity contribution in [1.29, 1.82) is 0 Å². The Kier molecular flexibility index (Phi) is 6.72. The van der Waals surface area contributed by atoms with Crippen LogP contribution in [0.5, 0.6) is 0 Å². The monoisotopic (exact) mass is 358 g/mol. The van der Waals surface area contributed by atoms with Crippen LogP contribution in [0.15, 0.2) is 36.9 Å². The standard InChI is InChI=1S/C16H17F3N2O4/c1-4-13(23)21(2)9-12(22)20-14(15(24)25-3)10-5-7-11(8-6-10)16(17,18)19/h4-8,14H,1,9H2,2-3H3,(H,20,22). The fraction of sp³-hybridized carbons (Fsp3) is 0.312. The molecule has 136 valence electrons. The topological polar surface area (TPSA) is 75.7 Å². The molecule has 1 aromatic rings. The molecule has 1 atom stereocenters. The van der Waals surface area contributed by atoms with Gasteiger partial charge < -0.3 is 15.0 Å². The van der Waals surface area contributed by atoms with Gasteiger partial charge in [-0.1, -0.05) is 18.7 Å². The van der Waals surface area contributed by atoms with Crippen molar-refractivity contribution in [2.75, 3.05) is 20.7 Å². The summed E-state index contributed by atoms with van der Waals surface area (Å²) in [5, 5.41) is 2.33. The smallest absolute Gasteiger partial charge is 0.416 e. The first-order valence-electron chi connectivity index (χ1n) is 7.02.